The number of methoxy groups -OCH3 is 2. The molecule has 1 aromatic heterocycles. The third kappa shape index (κ3) is 6.30. The van der Waals surface area contributed by atoms with E-state index in [-0.39, 0.29) is 23.9 Å². The number of likely N-dealkylation sites (tertiary alicyclic amines) is 1. The fraction of sp³-hybridized carbons (Fsp3) is 0.429. The predicted octanol–water partition coefficient (Wildman–Crippen LogP) is 3.05. The van der Waals surface area contributed by atoms with Gasteiger partial charge < -0.3 is 24.3 Å². The molecule has 204 valence electrons. The van der Waals surface area contributed by atoms with Crippen LogP contribution in [0.15, 0.2) is 53.6 Å². The maximum atomic E-state index is 13.3. The number of aromatic nitrogens is 1. The molecule has 1 N–H and O–H groups in total. The van der Waals surface area contributed by atoms with Gasteiger partial charge in [-0.2, -0.15) is 0 Å². The van der Waals surface area contributed by atoms with E-state index in [0.717, 1.165) is 18.4 Å². The van der Waals surface area contributed by atoms with Crippen molar-refractivity contribution >= 4 is 32.6 Å². The zero-order chi connectivity index (χ0) is 27.3. The SMILES string of the molecule is COc1ccc(CCNC(=O)CS(=O)(=O)c2cn(CC(=O)N3CCC(C)CC3)c3ccccc23)cc1OC. The highest BCUT2D eigenvalue weighted by atomic mass is 32.2. The van der Waals surface area contributed by atoms with Gasteiger partial charge in [0.25, 0.3) is 0 Å². The molecular formula is C28H35N3O6S. The lowest BCUT2D eigenvalue weighted by Gasteiger charge is -2.30. The molecule has 0 saturated carbocycles. The number of piperidine rings is 1. The molecule has 1 aliphatic rings. The minimum atomic E-state index is -3.94. The molecule has 3 aromatic rings. The van der Waals surface area contributed by atoms with Crippen LogP contribution in [-0.2, 0) is 32.4 Å². The summed E-state index contributed by atoms with van der Waals surface area (Å²) in [6.45, 7) is 3.95. The molecule has 0 bridgehead atoms. The molecule has 0 unspecified atom stereocenters. The van der Waals surface area contributed by atoms with Gasteiger partial charge in [0.05, 0.1) is 19.1 Å². The molecule has 0 radical (unpaired) electrons. The molecule has 1 saturated heterocycles. The average Bonchev–Trinajstić information content (AvgIpc) is 3.28. The van der Waals surface area contributed by atoms with E-state index in [4.69, 9.17) is 9.47 Å². The minimum Gasteiger partial charge on any atom is -0.493 e. The Morgan fingerprint density at radius 1 is 1.03 bits per heavy atom. The molecule has 0 atom stereocenters. The van der Waals surface area contributed by atoms with Crippen LogP contribution < -0.4 is 14.8 Å². The number of rotatable bonds is 10. The Hall–Kier alpha value is -3.53. The Labute approximate surface area is 223 Å². The Morgan fingerprint density at radius 3 is 2.45 bits per heavy atom. The Bertz CT molecular complexity index is 1410. The summed E-state index contributed by atoms with van der Waals surface area (Å²) < 4.78 is 38.8. The van der Waals surface area contributed by atoms with Gasteiger partial charge >= 0.3 is 0 Å². The number of para-hydroxylation sites is 1. The van der Waals surface area contributed by atoms with Gasteiger partial charge in [-0.1, -0.05) is 31.2 Å². The van der Waals surface area contributed by atoms with Crippen LogP contribution in [0.1, 0.15) is 25.3 Å². The number of ether oxygens (including phenoxy) is 2. The number of fused-ring (bicyclic) bond motifs is 1. The number of sulfone groups is 1. The second-order valence-corrected chi connectivity index (χ2v) is 11.7. The van der Waals surface area contributed by atoms with Crippen molar-refractivity contribution in [2.45, 2.75) is 37.6 Å². The highest BCUT2D eigenvalue weighted by molar-refractivity contribution is 7.92. The summed E-state index contributed by atoms with van der Waals surface area (Å²) >= 11 is 0. The van der Waals surface area contributed by atoms with Crippen LogP contribution in [0.25, 0.3) is 10.9 Å². The summed E-state index contributed by atoms with van der Waals surface area (Å²) in [4.78, 5) is 27.4. The first-order valence-corrected chi connectivity index (χ1v) is 14.4. The van der Waals surface area contributed by atoms with Crippen molar-refractivity contribution in [2.24, 2.45) is 5.92 Å². The van der Waals surface area contributed by atoms with Crippen LogP contribution in [0, 0.1) is 5.92 Å². The van der Waals surface area contributed by atoms with E-state index in [9.17, 15) is 18.0 Å². The number of amides is 2. The molecule has 10 heteroatoms. The monoisotopic (exact) mass is 541 g/mol. The third-order valence-corrected chi connectivity index (χ3v) is 8.67. The van der Waals surface area contributed by atoms with Gasteiger partial charge in [0.15, 0.2) is 21.3 Å². The Morgan fingerprint density at radius 2 is 1.74 bits per heavy atom. The first-order chi connectivity index (χ1) is 18.2. The van der Waals surface area contributed by atoms with Crippen molar-refractivity contribution in [2.75, 3.05) is 39.6 Å². The molecule has 0 spiro atoms. The second-order valence-electron chi connectivity index (χ2n) is 9.75. The van der Waals surface area contributed by atoms with E-state index in [0.29, 0.717) is 47.8 Å². The van der Waals surface area contributed by atoms with Gasteiger partial charge in [0.2, 0.25) is 11.8 Å². The van der Waals surface area contributed by atoms with E-state index in [1.807, 2.05) is 23.1 Å². The van der Waals surface area contributed by atoms with Crippen LogP contribution >= 0.6 is 0 Å². The van der Waals surface area contributed by atoms with E-state index in [2.05, 4.69) is 12.2 Å². The zero-order valence-corrected chi connectivity index (χ0v) is 22.9. The zero-order valence-electron chi connectivity index (χ0n) is 22.1. The smallest absolute Gasteiger partial charge is 0.242 e. The van der Waals surface area contributed by atoms with Gasteiger partial charge in [-0.25, -0.2) is 8.42 Å². The summed E-state index contributed by atoms with van der Waals surface area (Å²) in [5.41, 5.74) is 1.57. The molecule has 9 nitrogen and oxygen atoms in total. The maximum absolute atomic E-state index is 13.3. The summed E-state index contributed by atoms with van der Waals surface area (Å²) in [6.07, 6.45) is 3.93. The average molecular weight is 542 g/mol. The normalized spacial score (nSPS) is 14.4. The van der Waals surface area contributed by atoms with Crippen LogP contribution in [0.2, 0.25) is 0 Å². The van der Waals surface area contributed by atoms with Crippen LogP contribution in [-0.4, -0.2) is 69.3 Å². The first-order valence-electron chi connectivity index (χ1n) is 12.8. The lowest BCUT2D eigenvalue weighted by Crippen LogP contribution is -2.39. The lowest BCUT2D eigenvalue weighted by molar-refractivity contribution is -0.133. The van der Waals surface area contributed by atoms with Crippen LogP contribution in [0.4, 0.5) is 0 Å². The molecule has 1 aliphatic heterocycles. The van der Waals surface area contributed by atoms with Crippen LogP contribution in [0.3, 0.4) is 0 Å². The van der Waals surface area contributed by atoms with Gasteiger partial charge in [0.1, 0.15) is 12.3 Å². The summed E-state index contributed by atoms with van der Waals surface area (Å²) in [5.74, 6) is 0.510. The molecule has 0 aliphatic carbocycles. The molecule has 2 heterocycles. The van der Waals surface area contributed by atoms with Crippen molar-refractivity contribution < 1.29 is 27.5 Å². The first kappa shape index (κ1) is 27.5. The third-order valence-electron chi connectivity index (χ3n) is 7.03. The Kier molecular flexibility index (Phi) is 8.61. The number of carbonyl (C=O) groups is 2. The van der Waals surface area contributed by atoms with Crippen molar-refractivity contribution in [3.8, 4) is 11.5 Å². The van der Waals surface area contributed by atoms with E-state index < -0.39 is 21.5 Å². The summed E-state index contributed by atoms with van der Waals surface area (Å²) in [7, 11) is -0.833. The van der Waals surface area contributed by atoms with Crippen molar-refractivity contribution in [1.82, 2.24) is 14.8 Å². The van der Waals surface area contributed by atoms with Crippen LogP contribution in [0.5, 0.6) is 11.5 Å². The highest BCUT2D eigenvalue weighted by Crippen LogP contribution is 2.28. The minimum absolute atomic E-state index is 0.0329. The largest absolute Gasteiger partial charge is 0.493 e. The molecule has 2 amide bonds. The number of carbonyl (C=O) groups excluding carboxylic acids is 2. The lowest BCUT2D eigenvalue weighted by atomic mass is 9.99. The number of nitrogens with zero attached hydrogens (tertiary/aromatic N) is 2. The summed E-state index contributed by atoms with van der Waals surface area (Å²) in [6, 6.07) is 12.5. The summed E-state index contributed by atoms with van der Waals surface area (Å²) in [5, 5.41) is 3.20. The second kappa shape index (κ2) is 11.9. The predicted molar refractivity (Wildman–Crippen MR) is 145 cm³/mol. The quantitative estimate of drug-likeness (QED) is 0.423. The van der Waals surface area contributed by atoms with Gasteiger partial charge in [-0.15, -0.1) is 0 Å². The highest BCUT2D eigenvalue weighted by Gasteiger charge is 2.26. The maximum Gasteiger partial charge on any atom is 0.242 e. The van der Waals surface area contributed by atoms with E-state index in [1.165, 1.54) is 6.20 Å². The van der Waals surface area contributed by atoms with Crippen molar-refractivity contribution in [1.29, 1.82) is 0 Å². The molecule has 4 rings (SSSR count). The molecule has 38 heavy (non-hydrogen) atoms. The van der Waals surface area contributed by atoms with Crippen molar-refractivity contribution in [3.05, 3.63) is 54.2 Å². The number of hydrogen-bond acceptors (Lipinski definition) is 6. The Balaban J connectivity index is 1.42. The fourth-order valence-corrected chi connectivity index (χ4v) is 6.18. The van der Waals surface area contributed by atoms with Crippen molar-refractivity contribution in [3.63, 3.8) is 0 Å². The number of nitrogens with one attached hydrogen (secondary N) is 1. The van der Waals surface area contributed by atoms with Gasteiger partial charge in [-0.3, -0.25) is 9.59 Å². The van der Waals surface area contributed by atoms with Gasteiger partial charge in [0, 0.05) is 36.7 Å². The molecule has 2 aromatic carbocycles. The van der Waals surface area contributed by atoms with E-state index >= 15 is 0 Å². The van der Waals surface area contributed by atoms with E-state index in [1.54, 1.807) is 43.1 Å². The topological polar surface area (TPSA) is 107 Å². The molecular weight excluding hydrogens is 506 g/mol. The van der Waals surface area contributed by atoms with Gasteiger partial charge in [-0.05, 0) is 48.9 Å². The fourth-order valence-electron chi connectivity index (χ4n) is 4.78. The number of hydrogen-bond donors (Lipinski definition) is 1. The standard InChI is InChI=1S/C28H35N3O6S/c1-20-11-14-30(15-12-20)28(33)18-31-17-26(22-6-4-5-7-23(22)31)38(34,35)19-27(32)29-13-10-21-8-9-24(36-2)25(16-21)37-3/h4-9,16-17,20H,10-15,18-19H2,1-3H3,(H,29,32). The number of benzene rings is 2. The molecule has 1 fully saturated rings.